The number of nitrogens with zero attached hydrogens (tertiary/aromatic N) is 2. The summed E-state index contributed by atoms with van der Waals surface area (Å²) >= 11 is 4.03. The van der Waals surface area contributed by atoms with E-state index < -0.39 is 0 Å². The van der Waals surface area contributed by atoms with Crippen molar-refractivity contribution in [1.82, 2.24) is 9.78 Å². The number of amides is 1. The number of thiol groups is 1. The number of carbonyl (C=O) groups excluding carboxylic acids is 1. The van der Waals surface area contributed by atoms with Crippen molar-refractivity contribution in [3.63, 3.8) is 0 Å². The summed E-state index contributed by atoms with van der Waals surface area (Å²) in [5, 5.41) is 6.53. The zero-order chi connectivity index (χ0) is 10.0. The molecule has 13 heavy (non-hydrogen) atoms. The molecule has 72 valence electrons. The van der Waals surface area contributed by atoms with Crippen LogP contribution in [0, 0.1) is 6.92 Å². The highest BCUT2D eigenvalue weighted by Crippen LogP contribution is 2.12. The third kappa shape index (κ3) is 2.48. The van der Waals surface area contributed by atoms with Crippen LogP contribution in [0.4, 0.5) is 5.69 Å². The summed E-state index contributed by atoms with van der Waals surface area (Å²) in [6, 6.07) is 0. The molecule has 0 fully saturated rings. The lowest BCUT2D eigenvalue weighted by Crippen LogP contribution is -2.20. The summed E-state index contributed by atoms with van der Waals surface area (Å²) in [5.74, 6) is -0.112. The second kappa shape index (κ2) is 3.83. The first-order valence-electron chi connectivity index (χ1n) is 4.00. The Morgan fingerprint density at radius 2 is 2.38 bits per heavy atom. The maximum absolute atomic E-state index is 11.2. The van der Waals surface area contributed by atoms with E-state index in [1.807, 2.05) is 14.0 Å². The normalized spacial score (nSPS) is 12.6. The number of anilines is 1. The van der Waals surface area contributed by atoms with Crippen molar-refractivity contribution in [3.8, 4) is 0 Å². The summed E-state index contributed by atoms with van der Waals surface area (Å²) in [6.45, 7) is 3.57. The number of rotatable bonds is 2. The predicted octanol–water partition coefficient (Wildman–Crippen LogP) is 0.985. The summed E-state index contributed by atoms with van der Waals surface area (Å²) in [4.78, 5) is 11.2. The molecule has 1 aromatic rings. The maximum atomic E-state index is 11.2. The van der Waals surface area contributed by atoms with Gasteiger partial charge >= 0.3 is 0 Å². The zero-order valence-electron chi connectivity index (χ0n) is 7.90. The average molecular weight is 199 g/mol. The highest BCUT2D eigenvalue weighted by atomic mass is 32.1. The van der Waals surface area contributed by atoms with Crippen LogP contribution in [0.25, 0.3) is 0 Å². The van der Waals surface area contributed by atoms with E-state index >= 15 is 0 Å². The van der Waals surface area contributed by atoms with E-state index in [1.54, 1.807) is 17.8 Å². The van der Waals surface area contributed by atoms with Crippen LogP contribution in [0.3, 0.4) is 0 Å². The van der Waals surface area contributed by atoms with Gasteiger partial charge in [-0.15, -0.1) is 0 Å². The van der Waals surface area contributed by atoms with Gasteiger partial charge in [-0.3, -0.25) is 9.48 Å². The number of hydrogen-bond acceptors (Lipinski definition) is 3. The molecule has 0 aliphatic rings. The number of aryl methyl sites for hydroxylation is 2. The minimum absolute atomic E-state index is 0.112. The molecular formula is C8H13N3OS. The predicted molar refractivity (Wildman–Crippen MR) is 55.0 cm³/mol. The molecule has 1 N–H and O–H groups in total. The van der Waals surface area contributed by atoms with Gasteiger partial charge in [-0.25, -0.2) is 0 Å². The first-order chi connectivity index (χ1) is 6.00. The Hall–Kier alpha value is -0.970. The van der Waals surface area contributed by atoms with E-state index in [9.17, 15) is 4.79 Å². The first-order valence-corrected chi connectivity index (χ1v) is 4.51. The van der Waals surface area contributed by atoms with Gasteiger partial charge in [0.25, 0.3) is 0 Å². The van der Waals surface area contributed by atoms with E-state index in [1.165, 1.54) is 0 Å². The van der Waals surface area contributed by atoms with E-state index in [-0.39, 0.29) is 11.2 Å². The SMILES string of the molecule is Cc1nn(C)cc1NC(=O)C(C)S. The summed E-state index contributed by atoms with van der Waals surface area (Å²) in [6.07, 6.45) is 1.77. The Balaban J connectivity index is 2.74. The molecule has 0 aliphatic carbocycles. The fourth-order valence-corrected chi connectivity index (χ4v) is 1.02. The fourth-order valence-electron chi connectivity index (χ4n) is 0.959. The molecule has 0 saturated heterocycles. The molecule has 5 heteroatoms. The summed E-state index contributed by atoms with van der Waals surface area (Å²) in [7, 11) is 1.81. The first kappa shape index (κ1) is 10.1. The average Bonchev–Trinajstić information content (AvgIpc) is 2.30. The van der Waals surface area contributed by atoms with Crippen molar-refractivity contribution in [2.45, 2.75) is 19.1 Å². The van der Waals surface area contributed by atoms with Crippen LogP contribution >= 0.6 is 12.6 Å². The second-order valence-electron chi connectivity index (χ2n) is 2.97. The van der Waals surface area contributed by atoms with Crippen LogP contribution in [-0.2, 0) is 11.8 Å². The molecule has 0 radical (unpaired) electrons. The van der Waals surface area contributed by atoms with Crippen molar-refractivity contribution in [2.75, 3.05) is 5.32 Å². The van der Waals surface area contributed by atoms with E-state index in [2.05, 4.69) is 23.0 Å². The van der Waals surface area contributed by atoms with Gasteiger partial charge < -0.3 is 5.32 Å². The Morgan fingerprint density at radius 1 is 1.77 bits per heavy atom. The van der Waals surface area contributed by atoms with E-state index in [0.29, 0.717) is 0 Å². The van der Waals surface area contributed by atoms with Crippen molar-refractivity contribution in [1.29, 1.82) is 0 Å². The number of nitrogens with one attached hydrogen (secondary N) is 1. The Bertz CT molecular complexity index is 319. The van der Waals surface area contributed by atoms with Crippen molar-refractivity contribution in [3.05, 3.63) is 11.9 Å². The van der Waals surface area contributed by atoms with E-state index in [0.717, 1.165) is 11.4 Å². The lowest BCUT2D eigenvalue weighted by molar-refractivity contribution is -0.115. The lowest BCUT2D eigenvalue weighted by atomic mass is 10.3. The van der Waals surface area contributed by atoms with Gasteiger partial charge in [0.1, 0.15) is 0 Å². The standard InChI is InChI=1S/C8H13N3OS/c1-5-7(4-11(3)10-5)9-8(12)6(2)13/h4,6,13H,1-3H3,(H,9,12). The van der Waals surface area contributed by atoms with Crippen molar-refractivity contribution >= 4 is 24.2 Å². The molecule has 1 amide bonds. The van der Waals surface area contributed by atoms with Gasteiger partial charge in [-0.2, -0.15) is 17.7 Å². The van der Waals surface area contributed by atoms with Gasteiger partial charge in [-0.1, -0.05) is 0 Å². The van der Waals surface area contributed by atoms with Crippen LogP contribution in [0.2, 0.25) is 0 Å². The largest absolute Gasteiger partial charge is 0.322 e. The number of carbonyl (C=O) groups is 1. The van der Waals surface area contributed by atoms with Crippen LogP contribution < -0.4 is 5.32 Å². The van der Waals surface area contributed by atoms with Crippen LogP contribution in [0.5, 0.6) is 0 Å². The van der Waals surface area contributed by atoms with Gasteiger partial charge in [0.2, 0.25) is 5.91 Å². The maximum Gasteiger partial charge on any atom is 0.237 e. The minimum atomic E-state index is -0.306. The molecule has 1 atom stereocenters. The molecule has 1 unspecified atom stereocenters. The molecule has 0 saturated carbocycles. The lowest BCUT2D eigenvalue weighted by Gasteiger charge is -2.04. The highest BCUT2D eigenvalue weighted by Gasteiger charge is 2.10. The molecule has 0 aromatic carbocycles. The summed E-state index contributed by atoms with van der Waals surface area (Å²) < 4.78 is 1.66. The number of aromatic nitrogens is 2. The van der Waals surface area contributed by atoms with Crippen LogP contribution in [-0.4, -0.2) is 20.9 Å². The molecule has 1 aromatic heterocycles. The van der Waals surface area contributed by atoms with Crippen molar-refractivity contribution < 1.29 is 4.79 Å². The minimum Gasteiger partial charge on any atom is -0.322 e. The monoisotopic (exact) mass is 199 g/mol. The van der Waals surface area contributed by atoms with Gasteiger partial charge in [-0.05, 0) is 13.8 Å². The molecule has 1 heterocycles. The highest BCUT2D eigenvalue weighted by molar-refractivity contribution is 7.81. The third-order valence-corrected chi connectivity index (χ3v) is 1.89. The zero-order valence-corrected chi connectivity index (χ0v) is 8.80. The van der Waals surface area contributed by atoms with Crippen LogP contribution in [0.1, 0.15) is 12.6 Å². The van der Waals surface area contributed by atoms with Crippen LogP contribution in [0.15, 0.2) is 6.20 Å². The molecule has 1 rings (SSSR count). The van der Waals surface area contributed by atoms with Gasteiger partial charge in [0.15, 0.2) is 0 Å². The molecular weight excluding hydrogens is 186 g/mol. The smallest absolute Gasteiger partial charge is 0.237 e. The Kier molecular flexibility index (Phi) is 2.98. The Morgan fingerprint density at radius 3 is 2.77 bits per heavy atom. The fraction of sp³-hybridized carbons (Fsp3) is 0.500. The third-order valence-electron chi connectivity index (χ3n) is 1.65. The molecule has 4 nitrogen and oxygen atoms in total. The quantitative estimate of drug-likeness (QED) is 0.698. The Labute approximate surface area is 82.7 Å². The molecule has 0 bridgehead atoms. The second-order valence-corrected chi connectivity index (χ2v) is 3.74. The molecule has 0 spiro atoms. The van der Waals surface area contributed by atoms with Gasteiger partial charge in [0, 0.05) is 13.2 Å². The van der Waals surface area contributed by atoms with E-state index in [4.69, 9.17) is 0 Å². The summed E-state index contributed by atoms with van der Waals surface area (Å²) in [5.41, 5.74) is 1.55. The molecule has 0 aliphatic heterocycles. The number of hydrogen-bond donors (Lipinski definition) is 2. The topological polar surface area (TPSA) is 46.9 Å². The van der Waals surface area contributed by atoms with Gasteiger partial charge in [0.05, 0.1) is 16.6 Å². The van der Waals surface area contributed by atoms with Crippen molar-refractivity contribution in [2.24, 2.45) is 7.05 Å².